The first-order valence-electron chi connectivity index (χ1n) is 14.1. The monoisotopic (exact) mass is 557 g/mol. The van der Waals surface area contributed by atoms with Crippen LogP contribution in [0, 0.1) is 11.8 Å². The number of likely N-dealkylation sites (tertiary alicyclic amines) is 1. The molecule has 0 radical (unpaired) electrons. The van der Waals surface area contributed by atoms with E-state index in [2.05, 4.69) is 12.2 Å². The zero-order chi connectivity index (χ0) is 27.7. The molecule has 0 saturated carbocycles. The van der Waals surface area contributed by atoms with E-state index in [0.29, 0.717) is 45.6 Å². The third-order valence-corrected chi connectivity index (χ3v) is 10.3. The maximum atomic E-state index is 14.3. The van der Waals surface area contributed by atoms with E-state index in [1.807, 2.05) is 82.6 Å². The van der Waals surface area contributed by atoms with Crippen LogP contribution in [0.25, 0.3) is 0 Å². The smallest absolute Gasteiger partial charge is 0.247 e. The van der Waals surface area contributed by atoms with E-state index in [-0.39, 0.29) is 29.6 Å². The van der Waals surface area contributed by atoms with Crippen LogP contribution in [0.2, 0.25) is 0 Å². The molecule has 2 saturated heterocycles. The number of nitrogens with zero attached hydrogens (tertiary/aromatic N) is 3. The fraction of sp³-hybridized carbons (Fsp3) is 0.406. The molecule has 0 aromatic heterocycles. The van der Waals surface area contributed by atoms with Crippen molar-refractivity contribution < 1.29 is 19.5 Å². The number of thioether (sulfide) groups is 1. The SMILES string of the molecule is O=C1C2N(CCCCO)C(=O)[C@@H]3[C@H]4C(=O)N(Cc5ccccc5)CC=C[C@H]4S[C@]23C=CCN1Cc1ccccc1. The molecule has 1 spiro atoms. The summed E-state index contributed by atoms with van der Waals surface area (Å²) >= 11 is 1.61. The van der Waals surface area contributed by atoms with Crippen molar-refractivity contribution in [1.82, 2.24) is 14.7 Å². The Labute approximate surface area is 239 Å². The molecule has 40 heavy (non-hydrogen) atoms. The van der Waals surface area contributed by atoms with E-state index in [1.165, 1.54) is 0 Å². The number of carbonyl (C=O) groups is 3. The summed E-state index contributed by atoms with van der Waals surface area (Å²) in [6.07, 6.45) is 9.36. The van der Waals surface area contributed by atoms with Gasteiger partial charge < -0.3 is 19.8 Å². The Morgan fingerprint density at radius 1 is 0.800 bits per heavy atom. The van der Waals surface area contributed by atoms with Crippen molar-refractivity contribution in [3.05, 3.63) is 96.1 Å². The molecule has 4 aliphatic rings. The Bertz CT molecular complexity index is 1320. The maximum Gasteiger partial charge on any atom is 0.247 e. The van der Waals surface area contributed by atoms with Gasteiger partial charge >= 0.3 is 0 Å². The average molecular weight is 558 g/mol. The van der Waals surface area contributed by atoms with Gasteiger partial charge in [0.2, 0.25) is 17.7 Å². The molecule has 1 unspecified atom stereocenters. The fourth-order valence-electron chi connectivity index (χ4n) is 6.76. The molecule has 208 valence electrons. The lowest BCUT2D eigenvalue weighted by molar-refractivity contribution is -0.144. The Hall–Kier alpha value is -3.36. The standard InChI is InChI=1S/C32H35N3O4S/c36-20-8-7-19-35-28-31(39)34(22-24-13-5-2-6-14-24)18-10-16-32(28)27(30(35)38)26-25(40-32)15-9-17-33(29(26)37)21-23-11-3-1-4-12-23/h1-6,9-16,25-28,36H,7-8,17-22H2/t25-,26+,27+,28?,32+/m1/s1. The Kier molecular flexibility index (Phi) is 7.55. The lowest BCUT2D eigenvalue weighted by Crippen LogP contribution is -2.53. The highest BCUT2D eigenvalue weighted by Crippen LogP contribution is 2.61. The number of benzene rings is 2. The van der Waals surface area contributed by atoms with Crippen molar-refractivity contribution in [3.8, 4) is 0 Å². The number of aliphatic hydroxyl groups is 1. The van der Waals surface area contributed by atoms with Crippen molar-refractivity contribution in [1.29, 1.82) is 0 Å². The zero-order valence-electron chi connectivity index (χ0n) is 22.5. The van der Waals surface area contributed by atoms with Crippen LogP contribution in [0.5, 0.6) is 0 Å². The van der Waals surface area contributed by atoms with Gasteiger partial charge in [0, 0.05) is 44.6 Å². The van der Waals surface area contributed by atoms with E-state index in [1.54, 1.807) is 16.7 Å². The molecule has 2 aromatic carbocycles. The summed E-state index contributed by atoms with van der Waals surface area (Å²) in [5.74, 6) is -1.37. The third-order valence-electron chi connectivity index (χ3n) is 8.57. The quantitative estimate of drug-likeness (QED) is 0.398. The predicted octanol–water partition coefficient (Wildman–Crippen LogP) is 3.25. The van der Waals surface area contributed by atoms with E-state index >= 15 is 0 Å². The molecule has 2 aromatic rings. The first kappa shape index (κ1) is 26.8. The van der Waals surface area contributed by atoms with Gasteiger partial charge in [-0.3, -0.25) is 14.4 Å². The summed E-state index contributed by atoms with van der Waals surface area (Å²) in [4.78, 5) is 48.2. The minimum absolute atomic E-state index is 0.0243. The molecule has 2 fully saturated rings. The molecule has 0 aliphatic carbocycles. The van der Waals surface area contributed by atoms with E-state index in [4.69, 9.17) is 0 Å². The third kappa shape index (κ3) is 4.67. The van der Waals surface area contributed by atoms with Gasteiger partial charge in [0.15, 0.2) is 0 Å². The lowest BCUT2D eigenvalue weighted by atomic mass is 9.78. The molecule has 8 heteroatoms. The van der Waals surface area contributed by atoms with E-state index in [9.17, 15) is 19.5 Å². The second kappa shape index (κ2) is 11.3. The van der Waals surface area contributed by atoms with Crippen LogP contribution >= 0.6 is 11.8 Å². The molecule has 3 amide bonds. The molecule has 1 N–H and O–H groups in total. The van der Waals surface area contributed by atoms with Crippen molar-refractivity contribution in [2.45, 2.75) is 42.0 Å². The number of hydrogen-bond donors (Lipinski definition) is 1. The summed E-state index contributed by atoms with van der Waals surface area (Å²) < 4.78 is -0.816. The highest BCUT2D eigenvalue weighted by Gasteiger charge is 2.70. The number of aliphatic hydroxyl groups excluding tert-OH is 1. The second-order valence-electron chi connectivity index (χ2n) is 11.0. The Balaban J connectivity index is 1.35. The van der Waals surface area contributed by atoms with E-state index < -0.39 is 22.6 Å². The van der Waals surface area contributed by atoms with Gasteiger partial charge in [-0.2, -0.15) is 0 Å². The van der Waals surface area contributed by atoms with Crippen molar-refractivity contribution >= 4 is 29.5 Å². The largest absolute Gasteiger partial charge is 0.396 e. The van der Waals surface area contributed by atoms with Crippen molar-refractivity contribution in [3.63, 3.8) is 0 Å². The molecule has 0 bridgehead atoms. The molecular weight excluding hydrogens is 522 g/mol. The van der Waals surface area contributed by atoms with Crippen LogP contribution in [0.3, 0.4) is 0 Å². The summed E-state index contributed by atoms with van der Waals surface area (Å²) in [6, 6.07) is 19.1. The molecule has 4 heterocycles. The number of fused-ring (bicyclic) bond motifs is 2. The minimum Gasteiger partial charge on any atom is -0.396 e. The van der Waals surface area contributed by atoms with Crippen LogP contribution < -0.4 is 0 Å². The van der Waals surface area contributed by atoms with Crippen molar-refractivity contribution in [2.24, 2.45) is 11.8 Å². The Morgan fingerprint density at radius 3 is 2.08 bits per heavy atom. The van der Waals surface area contributed by atoms with Gasteiger partial charge in [0.05, 0.1) is 16.6 Å². The fourth-order valence-corrected chi connectivity index (χ4v) is 8.77. The molecular formula is C32H35N3O4S. The van der Waals surface area contributed by atoms with Gasteiger partial charge in [0.1, 0.15) is 6.04 Å². The number of hydrogen-bond acceptors (Lipinski definition) is 5. The molecule has 4 aliphatic heterocycles. The average Bonchev–Trinajstić information content (AvgIpc) is 3.29. The molecule has 7 nitrogen and oxygen atoms in total. The van der Waals surface area contributed by atoms with Crippen LogP contribution in [0.15, 0.2) is 85.0 Å². The van der Waals surface area contributed by atoms with Gasteiger partial charge in [-0.25, -0.2) is 0 Å². The van der Waals surface area contributed by atoms with Gasteiger partial charge in [-0.05, 0) is 24.0 Å². The summed E-state index contributed by atoms with van der Waals surface area (Å²) in [5, 5.41) is 9.24. The minimum atomic E-state index is -0.816. The van der Waals surface area contributed by atoms with Crippen LogP contribution in [-0.2, 0) is 27.5 Å². The molecule has 5 atom stereocenters. The van der Waals surface area contributed by atoms with Crippen LogP contribution in [-0.4, -0.2) is 79.8 Å². The molecule has 6 rings (SSSR count). The van der Waals surface area contributed by atoms with Crippen LogP contribution in [0.1, 0.15) is 24.0 Å². The summed E-state index contributed by atoms with van der Waals surface area (Å²) in [5.41, 5.74) is 2.08. The normalized spacial score (nSPS) is 29.3. The first-order chi connectivity index (χ1) is 19.5. The van der Waals surface area contributed by atoms with Gasteiger partial charge in [-0.1, -0.05) is 85.0 Å². The maximum absolute atomic E-state index is 14.3. The van der Waals surface area contributed by atoms with E-state index in [0.717, 1.165) is 11.1 Å². The highest BCUT2D eigenvalue weighted by atomic mass is 32.2. The highest BCUT2D eigenvalue weighted by molar-refractivity contribution is 8.02. The number of unbranched alkanes of at least 4 members (excludes halogenated alkanes) is 1. The zero-order valence-corrected chi connectivity index (χ0v) is 23.3. The van der Waals surface area contributed by atoms with Crippen molar-refractivity contribution in [2.75, 3.05) is 26.2 Å². The van der Waals surface area contributed by atoms with Gasteiger partial charge in [0.25, 0.3) is 0 Å². The number of amides is 3. The van der Waals surface area contributed by atoms with Crippen LogP contribution in [0.4, 0.5) is 0 Å². The lowest BCUT2D eigenvalue weighted by Gasteiger charge is -2.35. The number of carbonyl (C=O) groups excluding carboxylic acids is 3. The Morgan fingerprint density at radius 2 is 1.43 bits per heavy atom. The van der Waals surface area contributed by atoms with Gasteiger partial charge in [-0.15, -0.1) is 11.8 Å². The predicted molar refractivity (Wildman–Crippen MR) is 155 cm³/mol. The first-order valence-corrected chi connectivity index (χ1v) is 15.0. The summed E-state index contributed by atoms with van der Waals surface area (Å²) in [7, 11) is 0. The second-order valence-corrected chi connectivity index (χ2v) is 12.5. The topological polar surface area (TPSA) is 81.2 Å². The number of rotatable bonds is 8. The summed E-state index contributed by atoms with van der Waals surface area (Å²) in [6.45, 7) is 2.31.